The van der Waals surface area contributed by atoms with E-state index >= 15 is 0 Å². The first-order valence-electron chi connectivity index (χ1n) is 13.8. The second kappa shape index (κ2) is 11.2. The fourth-order valence-electron chi connectivity index (χ4n) is 5.69. The number of aliphatic hydroxyl groups is 1. The highest BCUT2D eigenvalue weighted by Gasteiger charge is 2.46. The number of ether oxygens (including phenoxy) is 2. The summed E-state index contributed by atoms with van der Waals surface area (Å²) in [6.45, 7) is 0.248. The molecular formula is C32H34N2O5. The molecule has 3 aromatic carbocycles. The molecule has 0 unspecified atom stereocenters. The van der Waals surface area contributed by atoms with Gasteiger partial charge in [-0.25, -0.2) is 0 Å². The molecule has 0 radical (unpaired) electrons. The lowest BCUT2D eigenvalue weighted by atomic mass is 9.84. The summed E-state index contributed by atoms with van der Waals surface area (Å²) in [6, 6.07) is 24.1. The van der Waals surface area contributed by atoms with Crippen molar-refractivity contribution in [3.05, 3.63) is 83.9 Å². The van der Waals surface area contributed by atoms with Crippen LogP contribution in [0.3, 0.4) is 0 Å². The summed E-state index contributed by atoms with van der Waals surface area (Å²) in [5.41, 5.74) is 5.06. The van der Waals surface area contributed by atoms with Crippen LogP contribution in [0.1, 0.15) is 49.1 Å². The number of anilines is 1. The molecule has 6 rings (SSSR count). The van der Waals surface area contributed by atoms with Gasteiger partial charge in [0.25, 0.3) is 0 Å². The Hall–Kier alpha value is -3.68. The molecule has 7 nitrogen and oxygen atoms in total. The summed E-state index contributed by atoms with van der Waals surface area (Å²) in [5, 5.41) is 16.0. The average molecular weight is 527 g/mol. The Kier molecular flexibility index (Phi) is 7.35. The second-order valence-electron chi connectivity index (χ2n) is 10.9. The third kappa shape index (κ3) is 6.00. The maximum Gasteiger partial charge on any atom is 0.224 e. The van der Waals surface area contributed by atoms with E-state index in [0.717, 1.165) is 46.5 Å². The molecule has 0 aromatic heterocycles. The molecule has 1 saturated carbocycles. The van der Waals surface area contributed by atoms with Crippen LogP contribution in [-0.2, 0) is 20.9 Å². The van der Waals surface area contributed by atoms with Crippen LogP contribution in [0.2, 0.25) is 0 Å². The van der Waals surface area contributed by atoms with Gasteiger partial charge in [-0.05, 0) is 60.1 Å². The monoisotopic (exact) mass is 526 g/mol. The van der Waals surface area contributed by atoms with Crippen LogP contribution in [0.4, 0.5) is 5.69 Å². The molecule has 0 spiro atoms. The third-order valence-electron chi connectivity index (χ3n) is 7.92. The van der Waals surface area contributed by atoms with Crippen molar-refractivity contribution in [1.82, 2.24) is 5.32 Å². The van der Waals surface area contributed by atoms with Crippen molar-refractivity contribution in [2.24, 2.45) is 5.92 Å². The fourth-order valence-corrected chi connectivity index (χ4v) is 5.69. The van der Waals surface area contributed by atoms with Crippen LogP contribution >= 0.6 is 0 Å². The molecule has 2 amide bonds. The zero-order valence-corrected chi connectivity index (χ0v) is 21.8. The third-order valence-corrected chi connectivity index (χ3v) is 7.92. The van der Waals surface area contributed by atoms with Crippen LogP contribution in [0.15, 0.2) is 72.8 Å². The summed E-state index contributed by atoms with van der Waals surface area (Å²) >= 11 is 0. The maximum atomic E-state index is 12.8. The number of nitrogens with one attached hydrogen (secondary N) is 2. The minimum absolute atomic E-state index is 0.0190. The quantitative estimate of drug-likeness (QED) is 0.373. The highest BCUT2D eigenvalue weighted by atomic mass is 16.6. The minimum atomic E-state index is -0.521. The Bertz CT molecular complexity index is 1320. The fraction of sp³-hybridized carbons (Fsp3) is 0.375. The first-order chi connectivity index (χ1) is 19.1. The molecule has 3 N–H and O–H groups in total. The van der Waals surface area contributed by atoms with Gasteiger partial charge in [-0.2, -0.15) is 0 Å². The molecular weight excluding hydrogens is 492 g/mol. The number of carbonyl (C=O) groups excluding carboxylic acids is 2. The maximum absolute atomic E-state index is 12.8. The lowest BCUT2D eigenvalue weighted by molar-refractivity contribution is -0.142. The molecule has 39 heavy (non-hydrogen) atoms. The first-order valence-corrected chi connectivity index (χ1v) is 13.8. The van der Waals surface area contributed by atoms with Gasteiger partial charge in [-0.1, -0.05) is 54.6 Å². The molecule has 0 bridgehead atoms. The van der Waals surface area contributed by atoms with Crippen LogP contribution in [-0.4, -0.2) is 41.8 Å². The highest BCUT2D eigenvalue weighted by molar-refractivity contribution is 5.91. The largest absolute Gasteiger partial charge is 0.487 e. The summed E-state index contributed by atoms with van der Waals surface area (Å²) in [5.74, 6) is 1.19. The predicted octanol–water partition coefficient (Wildman–Crippen LogP) is 4.79. The number of rotatable bonds is 9. The van der Waals surface area contributed by atoms with Crippen molar-refractivity contribution in [1.29, 1.82) is 0 Å². The number of fused-ring (bicyclic) bond motifs is 3. The van der Waals surface area contributed by atoms with Gasteiger partial charge in [-0.15, -0.1) is 0 Å². The molecule has 3 aromatic rings. The SMILES string of the molecule is O=C(C[C@H]1C[C@@H]2c3cc(NC(=O)CC4CC4)ccc3O[C@@H]2[C@@H](CO)O1)NCc1ccc(-c2ccccc2)cc1. The Labute approximate surface area is 228 Å². The molecule has 2 heterocycles. The predicted molar refractivity (Wildman–Crippen MR) is 148 cm³/mol. The molecule has 3 aliphatic rings. The van der Waals surface area contributed by atoms with Crippen molar-refractivity contribution in [3.63, 3.8) is 0 Å². The van der Waals surface area contributed by atoms with E-state index in [1.54, 1.807) is 0 Å². The Morgan fingerprint density at radius 3 is 2.41 bits per heavy atom. The van der Waals surface area contributed by atoms with Gasteiger partial charge in [0.05, 0.1) is 19.1 Å². The normalized spacial score (nSPS) is 23.3. The molecule has 1 aliphatic carbocycles. The number of hydrogen-bond acceptors (Lipinski definition) is 5. The number of amides is 2. The van der Waals surface area contributed by atoms with Gasteiger partial charge in [-0.3, -0.25) is 9.59 Å². The van der Waals surface area contributed by atoms with E-state index in [0.29, 0.717) is 25.3 Å². The summed E-state index contributed by atoms with van der Waals surface area (Å²) in [6.07, 6.45) is 2.46. The lowest BCUT2D eigenvalue weighted by Gasteiger charge is -2.37. The summed E-state index contributed by atoms with van der Waals surface area (Å²) < 4.78 is 12.3. The van der Waals surface area contributed by atoms with Crippen LogP contribution < -0.4 is 15.4 Å². The standard InChI is InChI=1S/C32H34N2O5/c35-19-29-32-27(26-15-24(12-13-28(26)39-32)34-31(37)14-20-6-7-20)16-25(38-29)17-30(36)33-18-21-8-10-23(11-9-21)22-4-2-1-3-5-22/h1-5,8-13,15,20,25,27,29,32,35H,6-7,14,16-19H2,(H,33,36)(H,34,37)/t25-,27-,29-,32+/m1/s1. The topological polar surface area (TPSA) is 96.9 Å². The Balaban J connectivity index is 1.06. The zero-order chi connectivity index (χ0) is 26.8. The molecule has 7 heteroatoms. The first kappa shape index (κ1) is 25.6. The highest BCUT2D eigenvalue weighted by Crippen LogP contribution is 2.47. The van der Waals surface area contributed by atoms with Crippen molar-refractivity contribution >= 4 is 17.5 Å². The molecule has 202 valence electrons. The van der Waals surface area contributed by atoms with Crippen molar-refractivity contribution in [2.75, 3.05) is 11.9 Å². The van der Waals surface area contributed by atoms with Crippen molar-refractivity contribution < 1.29 is 24.2 Å². The van der Waals surface area contributed by atoms with E-state index in [1.165, 1.54) is 0 Å². The molecule has 1 saturated heterocycles. The average Bonchev–Trinajstić information content (AvgIpc) is 3.70. The van der Waals surface area contributed by atoms with E-state index < -0.39 is 6.10 Å². The zero-order valence-electron chi connectivity index (χ0n) is 21.8. The van der Waals surface area contributed by atoms with Crippen LogP contribution in [0.25, 0.3) is 11.1 Å². The minimum Gasteiger partial charge on any atom is -0.487 e. The number of benzene rings is 3. The summed E-state index contributed by atoms with van der Waals surface area (Å²) in [7, 11) is 0. The van der Waals surface area contributed by atoms with Gasteiger partial charge in [0.2, 0.25) is 11.8 Å². The van der Waals surface area contributed by atoms with E-state index in [2.05, 4.69) is 34.9 Å². The van der Waals surface area contributed by atoms with Gasteiger partial charge in [0.1, 0.15) is 18.0 Å². The molecule has 4 atom stereocenters. The summed E-state index contributed by atoms with van der Waals surface area (Å²) in [4.78, 5) is 25.2. The molecule has 2 aliphatic heterocycles. The van der Waals surface area contributed by atoms with E-state index in [4.69, 9.17) is 9.47 Å². The van der Waals surface area contributed by atoms with E-state index in [9.17, 15) is 14.7 Å². The van der Waals surface area contributed by atoms with Gasteiger partial charge < -0.3 is 25.2 Å². The van der Waals surface area contributed by atoms with Crippen molar-refractivity contribution in [2.45, 2.75) is 62.9 Å². The second-order valence-corrected chi connectivity index (χ2v) is 10.9. The Morgan fingerprint density at radius 2 is 1.67 bits per heavy atom. The number of carbonyl (C=O) groups is 2. The van der Waals surface area contributed by atoms with Gasteiger partial charge in [0, 0.05) is 30.1 Å². The van der Waals surface area contributed by atoms with Crippen LogP contribution in [0, 0.1) is 5.92 Å². The molecule has 2 fully saturated rings. The lowest BCUT2D eigenvalue weighted by Crippen LogP contribution is -2.47. The van der Waals surface area contributed by atoms with Gasteiger partial charge >= 0.3 is 0 Å². The number of hydrogen-bond donors (Lipinski definition) is 3. The smallest absolute Gasteiger partial charge is 0.224 e. The van der Waals surface area contributed by atoms with Crippen LogP contribution in [0.5, 0.6) is 5.75 Å². The van der Waals surface area contributed by atoms with Gasteiger partial charge in [0.15, 0.2) is 0 Å². The van der Waals surface area contributed by atoms with Crippen molar-refractivity contribution in [3.8, 4) is 16.9 Å². The number of aliphatic hydroxyl groups excluding tert-OH is 1. The Morgan fingerprint density at radius 1 is 0.897 bits per heavy atom. The van der Waals surface area contributed by atoms with E-state index in [-0.39, 0.29) is 43.0 Å². The van der Waals surface area contributed by atoms with E-state index in [1.807, 2.05) is 48.5 Å².